The molecule has 4 nitrogen and oxygen atoms in total. The second-order valence-corrected chi connectivity index (χ2v) is 7.63. The predicted octanol–water partition coefficient (Wildman–Crippen LogP) is 6.35. The Kier molecular flexibility index (Phi) is 5.59. The second kappa shape index (κ2) is 8.28. The molecule has 0 fully saturated rings. The van der Waals surface area contributed by atoms with Crippen molar-refractivity contribution in [2.45, 2.75) is 6.61 Å². The van der Waals surface area contributed by atoms with Gasteiger partial charge < -0.3 is 10.1 Å². The molecule has 4 aromatic rings. The summed E-state index contributed by atoms with van der Waals surface area (Å²) >= 11 is 8.34. The van der Waals surface area contributed by atoms with Crippen LogP contribution in [0.4, 0.5) is 15.9 Å². The number of ether oxygens (including phenoxy) is 1. The number of fused-ring (bicyclic) bond motifs is 1. The molecule has 0 atom stereocenters. The smallest absolute Gasteiger partial charge is 0.224 e. The number of hydrogen-bond donors (Lipinski definition) is 1. The van der Waals surface area contributed by atoms with E-state index in [0.29, 0.717) is 11.6 Å². The van der Waals surface area contributed by atoms with Gasteiger partial charge in [-0.1, -0.05) is 24.3 Å². The fourth-order valence-electron chi connectivity index (χ4n) is 2.78. The van der Waals surface area contributed by atoms with Crippen LogP contribution in [0.5, 0.6) is 5.75 Å². The Morgan fingerprint density at radius 3 is 2.71 bits per heavy atom. The van der Waals surface area contributed by atoms with Gasteiger partial charge in [0.2, 0.25) is 5.28 Å². The van der Waals surface area contributed by atoms with Crippen molar-refractivity contribution in [3.8, 4) is 5.75 Å². The van der Waals surface area contributed by atoms with Crippen molar-refractivity contribution < 1.29 is 9.13 Å². The van der Waals surface area contributed by atoms with Crippen molar-refractivity contribution in [2.75, 3.05) is 5.32 Å². The van der Waals surface area contributed by atoms with E-state index in [2.05, 4.69) is 37.9 Å². The molecule has 3 aromatic carbocycles. The van der Waals surface area contributed by atoms with E-state index < -0.39 is 0 Å². The number of benzene rings is 3. The minimum Gasteiger partial charge on any atom is -0.487 e. The maximum Gasteiger partial charge on any atom is 0.224 e. The van der Waals surface area contributed by atoms with Crippen LogP contribution < -0.4 is 10.1 Å². The van der Waals surface area contributed by atoms with Gasteiger partial charge in [0.25, 0.3) is 0 Å². The lowest BCUT2D eigenvalue weighted by Crippen LogP contribution is -2.02. The van der Waals surface area contributed by atoms with Crippen LogP contribution in [0.25, 0.3) is 10.9 Å². The van der Waals surface area contributed by atoms with Gasteiger partial charge in [0.15, 0.2) is 0 Å². The van der Waals surface area contributed by atoms with Crippen LogP contribution >= 0.6 is 34.2 Å². The molecular formula is C21H14ClFIN3O. The number of nitrogens with one attached hydrogen (secondary N) is 1. The molecule has 0 radical (unpaired) electrons. The van der Waals surface area contributed by atoms with Crippen LogP contribution in [-0.4, -0.2) is 9.97 Å². The summed E-state index contributed by atoms with van der Waals surface area (Å²) in [4.78, 5) is 8.61. The Labute approximate surface area is 179 Å². The van der Waals surface area contributed by atoms with Gasteiger partial charge in [0, 0.05) is 8.96 Å². The number of hydrogen-bond acceptors (Lipinski definition) is 4. The first-order valence-corrected chi connectivity index (χ1v) is 9.90. The number of para-hydroxylation sites is 2. The van der Waals surface area contributed by atoms with E-state index in [1.165, 1.54) is 12.1 Å². The first-order valence-electron chi connectivity index (χ1n) is 8.44. The first-order chi connectivity index (χ1) is 13.6. The SMILES string of the molecule is Fc1cccc(COc2ccccc2Nc2nc(Cl)nc3ccc(I)cc23)c1. The summed E-state index contributed by atoms with van der Waals surface area (Å²) in [5.74, 6) is 0.930. The van der Waals surface area contributed by atoms with E-state index in [0.717, 1.165) is 25.7 Å². The number of nitrogens with zero attached hydrogens (tertiary/aromatic N) is 2. The molecule has 0 aliphatic heterocycles. The van der Waals surface area contributed by atoms with Gasteiger partial charge in [0.05, 0.1) is 11.2 Å². The molecular weight excluding hydrogens is 492 g/mol. The van der Waals surface area contributed by atoms with Crippen LogP contribution in [0.15, 0.2) is 66.7 Å². The number of rotatable bonds is 5. The average Bonchev–Trinajstić information content (AvgIpc) is 2.68. The molecule has 0 bridgehead atoms. The zero-order valence-corrected chi connectivity index (χ0v) is 17.4. The van der Waals surface area contributed by atoms with E-state index in [9.17, 15) is 4.39 Å². The highest BCUT2D eigenvalue weighted by Crippen LogP contribution is 2.31. The van der Waals surface area contributed by atoms with E-state index in [4.69, 9.17) is 16.3 Å². The van der Waals surface area contributed by atoms with Gasteiger partial charge >= 0.3 is 0 Å². The highest BCUT2D eigenvalue weighted by Gasteiger charge is 2.11. The van der Waals surface area contributed by atoms with E-state index in [1.807, 2.05) is 48.5 Å². The summed E-state index contributed by atoms with van der Waals surface area (Å²) in [7, 11) is 0. The summed E-state index contributed by atoms with van der Waals surface area (Å²) < 4.78 is 20.4. The topological polar surface area (TPSA) is 47.0 Å². The van der Waals surface area contributed by atoms with Crippen molar-refractivity contribution >= 4 is 56.6 Å². The third-order valence-electron chi connectivity index (χ3n) is 4.05. The summed E-state index contributed by atoms with van der Waals surface area (Å²) in [6.45, 7) is 0.250. The fraction of sp³-hybridized carbons (Fsp3) is 0.0476. The van der Waals surface area contributed by atoms with Gasteiger partial charge in [0.1, 0.15) is 24.0 Å². The van der Waals surface area contributed by atoms with E-state index >= 15 is 0 Å². The van der Waals surface area contributed by atoms with Crippen molar-refractivity contribution in [1.82, 2.24) is 9.97 Å². The molecule has 1 heterocycles. The van der Waals surface area contributed by atoms with Gasteiger partial charge in [-0.05, 0) is 82.2 Å². The normalized spacial score (nSPS) is 10.8. The molecule has 7 heteroatoms. The predicted molar refractivity (Wildman–Crippen MR) is 118 cm³/mol. The van der Waals surface area contributed by atoms with Gasteiger partial charge in [-0.2, -0.15) is 4.98 Å². The van der Waals surface area contributed by atoms with E-state index in [-0.39, 0.29) is 17.7 Å². The largest absolute Gasteiger partial charge is 0.487 e. The Bertz CT molecular complexity index is 1160. The summed E-state index contributed by atoms with van der Waals surface area (Å²) in [6.07, 6.45) is 0. The maximum atomic E-state index is 13.4. The van der Waals surface area contributed by atoms with Crippen molar-refractivity contribution in [3.05, 3.63) is 87.0 Å². The molecule has 0 saturated heterocycles. The molecule has 0 aliphatic rings. The Hall–Kier alpha value is -2.45. The van der Waals surface area contributed by atoms with Crippen LogP contribution in [0.2, 0.25) is 5.28 Å². The molecule has 0 aliphatic carbocycles. The molecule has 0 saturated carbocycles. The van der Waals surface area contributed by atoms with Crippen LogP contribution in [0.3, 0.4) is 0 Å². The highest BCUT2D eigenvalue weighted by atomic mass is 127. The summed E-state index contributed by atoms with van der Waals surface area (Å²) in [5.41, 5.74) is 2.23. The van der Waals surface area contributed by atoms with Gasteiger partial charge in [-0.25, -0.2) is 9.37 Å². The third kappa shape index (κ3) is 4.34. The summed E-state index contributed by atoms with van der Waals surface area (Å²) in [5, 5.41) is 4.31. The van der Waals surface area contributed by atoms with Crippen LogP contribution in [-0.2, 0) is 6.61 Å². The summed E-state index contributed by atoms with van der Waals surface area (Å²) in [6, 6.07) is 19.7. The molecule has 0 amide bonds. The zero-order valence-electron chi connectivity index (χ0n) is 14.5. The van der Waals surface area contributed by atoms with Crippen molar-refractivity contribution in [3.63, 3.8) is 0 Å². The van der Waals surface area contributed by atoms with Crippen molar-refractivity contribution in [2.24, 2.45) is 0 Å². The lowest BCUT2D eigenvalue weighted by Gasteiger charge is -2.14. The van der Waals surface area contributed by atoms with Gasteiger partial charge in [-0.15, -0.1) is 0 Å². The quantitative estimate of drug-likeness (QED) is 0.254. The molecule has 4 rings (SSSR count). The molecule has 0 unspecified atom stereocenters. The third-order valence-corrected chi connectivity index (χ3v) is 4.89. The first kappa shape index (κ1) is 18.9. The monoisotopic (exact) mass is 505 g/mol. The molecule has 140 valence electrons. The molecule has 1 N–H and O–H groups in total. The van der Waals surface area contributed by atoms with Crippen LogP contribution in [0, 0.1) is 9.39 Å². The lowest BCUT2D eigenvalue weighted by atomic mass is 10.2. The van der Waals surface area contributed by atoms with E-state index in [1.54, 1.807) is 6.07 Å². The molecule has 0 spiro atoms. The van der Waals surface area contributed by atoms with Gasteiger partial charge in [-0.3, -0.25) is 0 Å². The molecule has 28 heavy (non-hydrogen) atoms. The van der Waals surface area contributed by atoms with Crippen LogP contribution in [0.1, 0.15) is 5.56 Å². The Balaban J connectivity index is 1.64. The van der Waals surface area contributed by atoms with Crippen molar-refractivity contribution in [1.29, 1.82) is 0 Å². The number of aromatic nitrogens is 2. The molecule has 1 aromatic heterocycles. The average molecular weight is 506 g/mol. The maximum absolute atomic E-state index is 13.4. The minimum atomic E-state index is -0.288. The number of halogens is 3. The minimum absolute atomic E-state index is 0.161. The lowest BCUT2D eigenvalue weighted by molar-refractivity contribution is 0.307. The zero-order chi connectivity index (χ0) is 19.5. The highest BCUT2D eigenvalue weighted by molar-refractivity contribution is 14.1. The second-order valence-electron chi connectivity index (χ2n) is 6.04. The Morgan fingerprint density at radius 1 is 1.00 bits per heavy atom. The standard InChI is InChI=1S/C21H14ClFIN3O/c22-21-26-17-9-8-15(24)11-16(17)20(27-21)25-18-6-1-2-7-19(18)28-12-13-4-3-5-14(23)10-13/h1-11H,12H2,(H,25,26,27). The Morgan fingerprint density at radius 2 is 1.86 bits per heavy atom. The fourth-order valence-corrected chi connectivity index (χ4v) is 3.45. The number of anilines is 2.